The molecule has 1 saturated heterocycles. The van der Waals surface area contributed by atoms with E-state index in [0.717, 1.165) is 19.4 Å². The van der Waals surface area contributed by atoms with Gasteiger partial charge in [0.1, 0.15) is 0 Å². The summed E-state index contributed by atoms with van der Waals surface area (Å²) >= 11 is 0. The van der Waals surface area contributed by atoms with E-state index in [1.165, 1.54) is 0 Å². The van der Waals surface area contributed by atoms with Crippen LogP contribution < -0.4 is 10.6 Å². The minimum absolute atomic E-state index is 0.0663. The largest absolute Gasteiger partial charge is 0.358 e. The standard InChI is InChI=1S/C10H21N3O/c1-8-6-9(4-5-13(8)3)12-7-10(14)11-2/h8-9,12H,4-7H2,1-3H3,(H,11,14). The number of carbonyl (C=O) groups is 1. The van der Waals surface area contributed by atoms with Crippen molar-refractivity contribution >= 4 is 5.91 Å². The third-order valence-electron chi connectivity index (χ3n) is 3.04. The van der Waals surface area contributed by atoms with E-state index in [9.17, 15) is 4.79 Å². The van der Waals surface area contributed by atoms with Gasteiger partial charge in [-0.25, -0.2) is 0 Å². The van der Waals surface area contributed by atoms with Gasteiger partial charge >= 0.3 is 0 Å². The number of carbonyl (C=O) groups excluding carboxylic acids is 1. The first kappa shape index (κ1) is 11.5. The second-order valence-corrected chi connectivity index (χ2v) is 4.11. The van der Waals surface area contributed by atoms with Crippen LogP contribution in [0.25, 0.3) is 0 Å². The molecule has 14 heavy (non-hydrogen) atoms. The molecular formula is C10H21N3O. The molecule has 0 aliphatic carbocycles. The van der Waals surface area contributed by atoms with Crippen LogP contribution in [-0.2, 0) is 4.79 Å². The lowest BCUT2D eigenvalue weighted by Crippen LogP contribution is -2.47. The molecule has 0 aromatic carbocycles. The van der Waals surface area contributed by atoms with Gasteiger partial charge in [0.15, 0.2) is 0 Å². The SMILES string of the molecule is CNC(=O)CNC1CCN(C)C(C)C1. The molecule has 0 saturated carbocycles. The molecule has 0 aromatic heterocycles. The third kappa shape index (κ3) is 3.27. The summed E-state index contributed by atoms with van der Waals surface area (Å²) in [7, 11) is 3.82. The fourth-order valence-corrected chi connectivity index (χ4v) is 1.80. The molecule has 1 aliphatic rings. The van der Waals surface area contributed by atoms with E-state index in [1.807, 2.05) is 0 Å². The van der Waals surface area contributed by atoms with Crippen LogP contribution in [0.15, 0.2) is 0 Å². The van der Waals surface area contributed by atoms with Crippen molar-refractivity contribution in [3.63, 3.8) is 0 Å². The Kier molecular flexibility index (Phi) is 4.35. The van der Waals surface area contributed by atoms with E-state index in [4.69, 9.17) is 0 Å². The molecule has 2 atom stereocenters. The zero-order valence-electron chi connectivity index (χ0n) is 9.34. The predicted octanol–water partition coefficient (Wildman–Crippen LogP) is -0.195. The minimum atomic E-state index is 0.0663. The molecule has 0 radical (unpaired) electrons. The molecule has 2 unspecified atom stereocenters. The van der Waals surface area contributed by atoms with Crippen LogP contribution in [0.1, 0.15) is 19.8 Å². The maximum Gasteiger partial charge on any atom is 0.233 e. The summed E-state index contributed by atoms with van der Waals surface area (Å²) in [6.45, 7) is 3.79. The topological polar surface area (TPSA) is 44.4 Å². The first-order valence-corrected chi connectivity index (χ1v) is 5.27. The molecule has 1 amide bonds. The molecule has 4 heteroatoms. The molecular weight excluding hydrogens is 178 g/mol. The summed E-state index contributed by atoms with van der Waals surface area (Å²) < 4.78 is 0. The van der Waals surface area contributed by atoms with Crippen molar-refractivity contribution in [3.8, 4) is 0 Å². The Morgan fingerprint density at radius 2 is 2.29 bits per heavy atom. The van der Waals surface area contributed by atoms with E-state index in [1.54, 1.807) is 7.05 Å². The highest BCUT2D eigenvalue weighted by molar-refractivity contribution is 5.77. The smallest absolute Gasteiger partial charge is 0.233 e. The molecule has 2 N–H and O–H groups in total. The maximum absolute atomic E-state index is 11.0. The molecule has 82 valence electrons. The monoisotopic (exact) mass is 199 g/mol. The van der Waals surface area contributed by atoms with Gasteiger partial charge in [0, 0.05) is 19.1 Å². The van der Waals surface area contributed by atoms with Crippen LogP contribution in [0.5, 0.6) is 0 Å². The second-order valence-electron chi connectivity index (χ2n) is 4.11. The average molecular weight is 199 g/mol. The summed E-state index contributed by atoms with van der Waals surface area (Å²) in [5.41, 5.74) is 0. The van der Waals surface area contributed by atoms with E-state index in [-0.39, 0.29) is 5.91 Å². The van der Waals surface area contributed by atoms with E-state index < -0.39 is 0 Å². The minimum Gasteiger partial charge on any atom is -0.358 e. The highest BCUT2D eigenvalue weighted by Gasteiger charge is 2.22. The quantitative estimate of drug-likeness (QED) is 0.662. The van der Waals surface area contributed by atoms with Crippen LogP contribution >= 0.6 is 0 Å². The van der Waals surface area contributed by atoms with Crippen LogP contribution in [-0.4, -0.2) is 50.1 Å². The van der Waals surface area contributed by atoms with Gasteiger partial charge in [-0.15, -0.1) is 0 Å². The Bertz CT molecular complexity index is 196. The molecule has 0 aromatic rings. The van der Waals surface area contributed by atoms with Crippen molar-refractivity contribution in [2.45, 2.75) is 31.8 Å². The Hall–Kier alpha value is -0.610. The fraction of sp³-hybridized carbons (Fsp3) is 0.900. The molecule has 1 heterocycles. The number of rotatable bonds is 3. The molecule has 1 aliphatic heterocycles. The van der Waals surface area contributed by atoms with Gasteiger partial charge in [-0.05, 0) is 33.4 Å². The van der Waals surface area contributed by atoms with Crippen molar-refractivity contribution < 1.29 is 4.79 Å². The fourth-order valence-electron chi connectivity index (χ4n) is 1.80. The average Bonchev–Trinajstić information content (AvgIpc) is 2.19. The Labute approximate surface area is 86.0 Å². The van der Waals surface area contributed by atoms with Gasteiger partial charge in [-0.2, -0.15) is 0 Å². The number of likely N-dealkylation sites (N-methyl/N-ethyl adjacent to an activating group) is 1. The summed E-state index contributed by atoms with van der Waals surface area (Å²) in [5, 5.41) is 5.90. The van der Waals surface area contributed by atoms with Gasteiger partial charge < -0.3 is 15.5 Å². The number of nitrogens with one attached hydrogen (secondary N) is 2. The van der Waals surface area contributed by atoms with E-state index in [2.05, 4.69) is 29.5 Å². The number of amides is 1. The number of nitrogens with zero attached hydrogens (tertiary/aromatic N) is 1. The van der Waals surface area contributed by atoms with Crippen LogP contribution in [0, 0.1) is 0 Å². The van der Waals surface area contributed by atoms with Gasteiger partial charge in [-0.3, -0.25) is 4.79 Å². The van der Waals surface area contributed by atoms with Gasteiger partial charge in [0.2, 0.25) is 5.91 Å². The molecule has 0 bridgehead atoms. The number of piperidine rings is 1. The van der Waals surface area contributed by atoms with Gasteiger partial charge in [0.25, 0.3) is 0 Å². The van der Waals surface area contributed by atoms with Crippen LogP contribution in [0.4, 0.5) is 0 Å². The van der Waals surface area contributed by atoms with Gasteiger partial charge in [-0.1, -0.05) is 0 Å². The Morgan fingerprint density at radius 1 is 1.57 bits per heavy atom. The van der Waals surface area contributed by atoms with Crippen molar-refractivity contribution in [1.82, 2.24) is 15.5 Å². The van der Waals surface area contributed by atoms with E-state index >= 15 is 0 Å². The Morgan fingerprint density at radius 3 is 2.86 bits per heavy atom. The summed E-state index contributed by atoms with van der Waals surface area (Å²) in [4.78, 5) is 13.4. The first-order valence-electron chi connectivity index (χ1n) is 5.27. The van der Waals surface area contributed by atoms with Crippen molar-refractivity contribution in [2.24, 2.45) is 0 Å². The summed E-state index contributed by atoms with van der Waals surface area (Å²) in [6.07, 6.45) is 2.27. The van der Waals surface area contributed by atoms with Crippen molar-refractivity contribution in [3.05, 3.63) is 0 Å². The second kappa shape index (κ2) is 5.32. The van der Waals surface area contributed by atoms with Crippen LogP contribution in [0.3, 0.4) is 0 Å². The Balaban J connectivity index is 2.23. The lowest BCUT2D eigenvalue weighted by atomic mass is 9.99. The highest BCUT2D eigenvalue weighted by atomic mass is 16.1. The molecule has 4 nitrogen and oxygen atoms in total. The maximum atomic E-state index is 11.0. The molecule has 1 rings (SSSR count). The van der Waals surface area contributed by atoms with Gasteiger partial charge in [0.05, 0.1) is 6.54 Å². The summed E-state index contributed by atoms with van der Waals surface area (Å²) in [5.74, 6) is 0.0663. The number of hydrogen-bond donors (Lipinski definition) is 2. The predicted molar refractivity (Wildman–Crippen MR) is 57.2 cm³/mol. The first-order chi connectivity index (χ1) is 6.63. The molecule has 0 spiro atoms. The highest BCUT2D eigenvalue weighted by Crippen LogP contribution is 2.14. The van der Waals surface area contributed by atoms with Crippen LogP contribution in [0.2, 0.25) is 0 Å². The lowest BCUT2D eigenvalue weighted by Gasteiger charge is -2.35. The summed E-state index contributed by atoms with van der Waals surface area (Å²) in [6, 6.07) is 1.12. The lowest BCUT2D eigenvalue weighted by molar-refractivity contribution is -0.119. The zero-order valence-corrected chi connectivity index (χ0v) is 9.34. The number of likely N-dealkylation sites (tertiary alicyclic amines) is 1. The molecule has 1 fully saturated rings. The zero-order chi connectivity index (χ0) is 10.6. The third-order valence-corrected chi connectivity index (χ3v) is 3.04. The number of hydrogen-bond acceptors (Lipinski definition) is 3. The van der Waals surface area contributed by atoms with E-state index in [0.29, 0.717) is 18.6 Å². The normalized spacial score (nSPS) is 28.8. The van der Waals surface area contributed by atoms with Crippen molar-refractivity contribution in [1.29, 1.82) is 0 Å². The van der Waals surface area contributed by atoms with Crippen molar-refractivity contribution in [2.75, 3.05) is 27.2 Å².